The number of amides is 2. The van der Waals surface area contributed by atoms with E-state index in [9.17, 15) is 9.59 Å². The standard InChI is InChI=1S/C12H17N3O3/c1-3-4-15-7-9(6-11(15)16)12(17)13-10-5-8(2)18-14-10/h5,9H,3-4,6-7H2,1-2H3,(H,13,14,17). The van der Waals surface area contributed by atoms with Gasteiger partial charge in [0.2, 0.25) is 11.8 Å². The topological polar surface area (TPSA) is 75.4 Å². The minimum atomic E-state index is -0.291. The highest BCUT2D eigenvalue weighted by Crippen LogP contribution is 2.20. The van der Waals surface area contributed by atoms with Gasteiger partial charge in [-0.2, -0.15) is 0 Å². The molecule has 0 saturated carbocycles. The Morgan fingerprint density at radius 3 is 3.06 bits per heavy atom. The molecule has 1 fully saturated rings. The molecule has 1 N–H and O–H groups in total. The third-order valence-corrected chi connectivity index (χ3v) is 2.96. The van der Waals surface area contributed by atoms with Crippen molar-refractivity contribution in [2.24, 2.45) is 5.92 Å². The maximum atomic E-state index is 11.9. The van der Waals surface area contributed by atoms with E-state index in [2.05, 4.69) is 10.5 Å². The number of carbonyl (C=O) groups excluding carboxylic acids is 2. The fourth-order valence-electron chi connectivity index (χ4n) is 2.09. The molecular formula is C12H17N3O3. The molecule has 6 nitrogen and oxygen atoms in total. The van der Waals surface area contributed by atoms with Gasteiger partial charge in [0, 0.05) is 25.6 Å². The summed E-state index contributed by atoms with van der Waals surface area (Å²) in [5.74, 6) is 0.629. The van der Waals surface area contributed by atoms with Crippen LogP contribution in [0.4, 0.5) is 5.82 Å². The van der Waals surface area contributed by atoms with Crippen molar-refractivity contribution in [3.8, 4) is 0 Å². The summed E-state index contributed by atoms with van der Waals surface area (Å²) in [6, 6.07) is 1.65. The molecule has 18 heavy (non-hydrogen) atoms. The van der Waals surface area contributed by atoms with Gasteiger partial charge in [0.25, 0.3) is 0 Å². The van der Waals surface area contributed by atoms with E-state index in [0.29, 0.717) is 24.7 Å². The van der Waals surface area contributed by atoms with E-state index >= 15 is 0 Å². The quantitative estimate of drug-likeness (QED) is 0.871. The number of aryl methyl sites for hydroxylation is 1. The molecule has 98 valence electrons. The van der Waals surface area contributed by atoms with Gasteiger partial charge in [-0.15, -0.1) is 0 Å². The second-order valence-electron chi connectivity index (χ2n) is 4.55. The lowest BCUT2D eigenvalue weighted by Crippen LogP contribution is -2.28. The summed E-state index contributed by atoms with van der Waals surface area (Å²) in [7, 11) is 0. The molecule has 0 radical (unpaired) electrons. The average Bonchev–Trinajstić information content (AvgIpc) is 2.87. The van der Waals surface area contributed by atoms with Crippen molar-refractivity contribution in [3.05, 3.63) is 11.8 Å². The van der Waals surface area contributed by atoms with Crippen LogP contribution < -0.4 is 5.32 Å². The van der Waals surface area contributed by atoms with Crippen LogP contribution in [0.2, 0.25) is 0 Å². The van der Waals surface area contributed by atoms with Crippen molar-refractivity contribution >= 4 is 17.6 Å². The van der Waals surface area contributed by atoms with Crippen LogP contribution in [0, 0.1) is 12.8 Å². The zero-order valence-electron chi connectivity index (χ0n) is 10.6. The van der Waals surface area contributed by atoms with Gasteiger partial charge in [-0.3, -0.25) is 9.59 Å². The van der Waals surface area contributed by atoms with E-state index in [0.717, 1.165) is 6.42 Å². The molecule has 1 unspecified atom stereocenters. The first-order valence-electron chi connectivity index (χ1n) is 6.12. The van der Waals surface area contributed by atoms with Crippen molar-refractivity contribution < 1.29 is 14.1 Å². The number of hydrogen-bond donors (Lipinski definition) is 1. The fourth-order valence-corrected chi connectivity index (χ4v) is 2.09. The number of carbonyl (C=O) groups is 2. The van der Waals surface area contributed by atoms with Crippen LogP contribution in [0.25, 0.3) is 0 Å². The largest absolute Gasteiger partial charge is 0.360 e. The number of anilines is 1. The Hall–Kier alpha value is -1.85. The molecule has 1 aliphatic heterocycles. The predicted octanol–water partition coefficient (Wildman–Crippen LogP) is 1.18. The lowest BCUT2D eigenvalue weighted by Gasteiger charge is -2.14. The SMILES string of the molecule is CCCN1CC(C(=O)Nc2cc(C)on2)CC1=O. The molecule has 1 aromatic heterocycles. The molecule has 0 bridgehead atoms. The van der Waals surface area contributed by atoms with Crippen molar-refractivity contribution in [1.29, 1.82) is 0 Å². The number of rotatable bonds is 4. The van der Waals surface area contributed by atoms with E-state index in [1.54, 1.807) is 17.9 Å². The molecule has 0 spiro atoms. The van der Waals surface area contributed by atoms with E-state index in [4.69, 9.17) is 4.52 Å². The molecule has 1 aromatic rings. The zero-order chi connectivity index (χ0) is 13.1. The average molecular weight is 251 g/mol. The van der Waals surface area contributed by atoms with Gasteiger partial charge in [-0.25, -0.2) is 0 Å². The normalized spacial score (nSPS) is 19.3. The molecule has 0 aromatic carbocycles. The Balaban J connectivity index is 1.92. The van der Waals surface area contributed by atoms with E-state index in [-0.39, 0.29) is 24.2 Å². The Morgan fingerprint density at radius 1 is 1.67 bits per heavy atom. The number of aromatic nitrogens is 1. The molecule has 1 saturated heterocycles. The third-order valence-electron chi connectivity index (χ3n) is 2.96. The Morgan fingerprint density at radius 2 is 2.44 bits per heavy atom. The molecule has 2 rings (SSSR count). The highest BCUT2D eigenvalue weighted by Gasteiger charge is 2.33. The molecule has 2 heterocycles. The lowest BCUT2D eigenvalue weighted by atomic mass is 10.1. The Labute approximate surface area is 105 Å². The smallest absolute Gasteiger partial charge is 0.231 e. The van der Waals surface area contributed by atoms with Crippen molar-refractivity contribution in [3.63, 3.8) is 0 Å². The molecule has 0 aliphatic carbocycles. The maximum Gasteiger partial charge on any atom is 0.231 e. The van der Waals surface area contributed by atoms with Crippen molar-refractivity contribution in [1.82, 2.24) is 10.1 Å². The summed E-state index contributed by atoms with van der Waals surface area (Å²) in [6.45, 7) is 4.98. The van der Waals surface area contributed by atoms with Crippen LogP contribution in [0.1, 0.15) is 25.5 Å². The summed E-state index contributed by atoms with van der Waals surface area (Å²) in [6.07, 6.45) is 1.19. The van der Waals surface area contributed by atoms with Gasteiger partial charge in [0.1, 0.15) is 5.76 Å². The van der Waals surface area contributed by atoms with E-state index in [1.165, 1.54) is 0 Å². The van der Waals surface area contributed by atoms with E-state index < -0.39 is 0 Å². The first kappa shape index (κ1) is 12.6. The van der Waals surface area contributed by atoms with Crippen molar-refractivity contribution in [2.45, 2.75) is 26.7 Å². The highest BCUT2D eigenvalue weighted by molar-refractivity contribution is 5.96. The first-order chi connectivity index (χ1) is 8.60. The fraction of sp³-hybridized carbons (Fsp3) is 0.583. The first-order valence-corrected chi connectivity index (χ1v) is 6.12. The van der Waals surface area contributed by atoms with Crippen LogP contribution >= 0.6 is 0 Å². The second kappa shape index (κ2) is 5.20. The van der Waals surface area contributed by atoms with Crippen LogP contribution in [-0.4, -0.2) is 35.0 Å². The van der Waals surface area contributed by atoms with Gasteiger partial charge < -0.3 is 14.7 Å². The van der Waals surface area contributed by atoms with Crippen LogP contribution in [0.15, 0.2) is 10.6 Å². The number of nitrogens with zero attached hydrogens (tertiary/aromatic N) is 2. The lowest BCUT2D eigenvalue weighted by molar-refractivity contribution is -0.128. The van der Waals surface area contributed by atoms with Crippen LogP contribution in [0.3, 0.4) is 0 Å². The number of nitrogens with one attached hydrogen (secondary N) is 1. The van der Waals surface area contributed by atoms with Gasteiger partial charge in [0.15, 0.2) is 5.82 Å². The van der Waals surface area contributed by atoms with E-state index in [1.807, 2.05) is 6.92 Å². The molecule has 6 heteroatoms. The highest BCUT2D eigenvalue weighted by atomic mass is 16.5. The minimum Gasteiger partial charge on any atom is -0.360 e. The summed E-state index contributed by atoms with van der Waals surface area (Å²) < 4.78 is 4.87. The zero-order valence-corrected chi connectivity index (χ0v) is 10.6. The molecular weight excluding hydrogens is 234 g/mol. The predicted molar refractivity (Wildman–Crippen MR) is 64.8 cm³/mol. The number of hydrogen-bond acceptors (Lipinski definition) is 4. The summed E-state index contributed by atoms with van der Waals surface area (Å²) >= 11 is 0. The van der Waals surface area contributed by atoms with Gasteiger partial charge in [-0.1, -0.05) is 12.1 Å². The monoisotopic (exact) mass is 251 g/mol. The number of likely N-dealkylation sites (tertiary alicyclic amines) is 1. The Bertz CT molecular complexity index is 455. The van der Waals surface area contributed by atoms with Gasteiger partial charge in [0.05, 0.1) is 5.92 Å². The molecule has 1 aliphatic rings. The maximum absolute atomic E-state index is 11.9. The van der Waals surface area contributed by atoms with Crippen LogP contribution in [-0.2, 0) is 9.59 Å². The summed E-state index contributed by atoms with van der Waals surface area (Å²) in [5.41, 5.74) is 0. The summed E-state index contributed by atoms with van der Waals surface area (Å²) in [4.78, 5) is 25.3. The molecule has 1 atom stereocenters. The van der Waals surface area contributed by atoms with Gasteiger partial charge in [-0.05, 0) is 13.3 Å². The second-order valence-corrected chi connectivity index (χ2v) is 4.55. The molecule has 2 amide bonds. The third kappa shape index (κ3) is 2.69. The summed E-state index contributed by atoms with van der Waals surface area (Å²) in [5, 5.41) is 6.36. The minimum absolute atomic E-state index is 0.0494. The Kier molecular flexibility index (Phi) is 3.64. The van der Waals surface area contributed by atoms with Gasteiger partial charge >= 0.3 is 0 Å². The van der Waals surface area contributed by atoms with Crippen LogP contribution in [0.5, 0.6) is 0 Å². The van der Waals surface area contributed by atoms with Crippen molar-refractivity contribution in [2.75, 3.05) is 18.4 Å².